The van der Waals surface area contributed by atoms with Gasteiger partial charge in [0.1, 0.15) is 5.75 Å². The number of hydrogen-bond donors (Lipinski definition) is 1. The van der Waals surface area contributed by atoms with Gasteiger partial charge in [-0.25, -0.2) is 0 Å². The van der Waals surface area contributed by atoms with Crippen LogP contribution in [-0.2, 0) is 0 Å². The smallest absolute Gasteiger partial charge is 0.161 e. The van der Waals surface area contributed by atoms with Crippen molar-refractivity contribution in [3.63, 3.8) is 0 Å². The average Bonchev–Trinajstić information content (AvgIpc) is 2.84. The number of carbonyl (C=O) groups excluding carboxylic acids is 1. The maximum atomic E-state index is 11.2. The van der Waals surface area contributed by atoms with Crippen LogP contribution in [-0.4, -0.2) is 11.4 Å². The number of benzene rings is 2. The van der Waals surface area contributed by atoms with Crippen LogP contribution in [0.1, 0.15) is 20.8 Å². The summed E-state index contributed by atoms with van der Waals surface area (Å²) in [4.78, 5) is 11.8. The molecule has 0 spiro atoms. The lowest BCUT2D eigenvalue weighted by Crippen LogP contribution is -1.80. The lowest BCUT2D eigenvalue weighted by molar-refractivity contribution is 0.112. The highest BCUT2D eigenvalue weighted by Gasteiger charge is 2.08. The number of thiophene rings is 1. The van der Waals surface area contributed by atoms with Gasteiger partial charge in [0, 0.05) is 15.6 Å². The zero-order valence-electron chi connectivity index (χ0n) is 10.5. The first-order valence-electron chi connectivity index (χ1n) is 6.05. The van der Waals surface area contributed by atoms with Crippen molar-refractivity contribution in [3.8, 4) is 17.6 Å². The number of phenolic OH excluding ortho intramolecular Hbond substituents is 1. The fourth-order valence-electron chi connectivity index (χ4n) is 1.96. The van der Waals surface area contributed by atoms with Crippen LogP contribution in [0, 0.1) is 11.8 Å². The Morgan fingerprint density at radius 3 is 2.50 bits per heavy atom. The molecule has 0 unspecified atom stereocenters. The molecule has 96 valence electrons. The predicted octanol–water partition coefficient (Wildman–Crippen LogP) is 3.82. The zero-order chi connectivity index (χ0) is 13.9. The maximum absolute atomic E-state index is 11.2. The van der Waals surface area contributed by atoms with Gasteiger partial charge in [-0.2, -0.15) is 0 Å². The van der Waals surface area contributed by atoms with E-state index in [1.807, 2.05) is 24.3 Å². The highest BCUT2D eigenvalue weighted by Crippen LogP contribution is 2.29. The minimum absolute atomic E-state index is 0.213. The van der Waals surface area contributed by atoms with Crippen LogP contribution in [0.3, 0.4) is 0 Å². The van der Waals surface area contributed by atoms with Crippen molar-refractivity contribution in [2.75, 3.05) is 0 Å². The van der Waals surface area contributed by atoms with Gasteiger partial charge < -0.3 is 5.11 Å². The van der Waals surface area contributed by atoms with E-state index < -0.39 is 0 Å². The quantitative estimate of drug-likeness (QED) is 0.543. The molecule has 0 atom stereocenters. The second-order valence-electron chi connectivity index (χ2n) is 4.25. The average molecular weight is 278 g/mol. The van der Waals surface area contributed by atoms with Crippen molar-refractivity contribution < 1.29 is 9.90 Å². The minimum Gasteiger partial charge on any atom is -0.508 e. The first kappa shape index (κ1) is 12.5. The normalized spacial score (nSPS) is 10.0. The highest BCUT2D eigenvalue weighted by molar-refractivity contribution is 7.20. The summed E-state index contributed by atoms with van der Waals surface area (Å²) in [5.41, 5.74) is 1.57. The van der Waals surface area contributed by atoms with Gasteiger partial charge in [-0.15, -0.1) is 11.3 Å². The molecule has 20 heavy (non-hydrogen) atoms. The third-order valence-electron chi connectivity index (χ3n) is 2.93. The first-order valence-corrected chi connectivity index (χ1v) is 6.87. The van der Waals surface area contributed by atoms with Crippen molar-refractivity contribution in [1.29, 1.82) is 0 Å². The van der Waals surface area contributed by atoms with Crippen LogP contribution in [0.15, 0.2) is 48.5 Å². The second kappa shape index (κ2) is 5.20. The fourth-order valence-corrected chi connectivity index (χ4v) is 2.93. The standard InChI is InChI=1S/C17H10O2S/c18-11-17-15(14-3-1-2-4-16(14)20-17)10-7-12-5-8-13(19)9-6-12/h1-6,8-9,11,19H. The van der Waals surface area contributed by atoms with Gasteiger partial charge in [0.25, 0.3) is 0 Å². The van der Waals surface area contributed by atoms with Crippen molar-refractivity contribution >= 4 is 27.7 Å². The summed E-state index contributed by atoms with van der Waals surface area (Å²) >= 11 is 1.45. The van der Waals surface area contributed by atoms with Gasteiger partial charge in [0.15, 0.2) is 6.29 Å². The Balaban J connectivity index is 2.11. The molecule has 1 N–H and O–H groups in total. The number of hydrogen-bond acceptors (Lipinski definition) is 3. The van der Waals surface area contributed by atoms with Gasteiger partial charge in [-0.05, 0) is 30.3 Å². The van der Waals surface area contributed by atoms with Crippen LogP contribution < -0.4 is 0 Å². The van der Waals surface area contributed by atoms with Crippen LogP contribution in [0.5, 0.6) is 5.75 Å². The van der Waals surface area contributed by atoms with Gasteiger partial charge in [0.2, 0.25) is 0 Å². The van der Waals surface area contributed by atoms with Gasteiger partial charge in [-0.1, -0.05) is 30.0 Å². The van der Waals surface area contributed by atoms with E-state index in [1.165, 1.54) is 11.3 Å². The molecule has 0 saturated heterocycles. The van der Waals surface area contributed by atoms with Crippen molar-refractivity contribution in [3.05, 3.63) is 64.5 Å². The second-order valence-corrected chi connectivity index (χ2v) is 5.34. The van der Waals surface area contributed by atoms with Crippen molar-refractivity contribution in [2.45, 2.75) is 0 Å². The summed E-state index contributed by atoms with van der Waals surface area (Å²) in [5.74, 6) is 6.31. The Morgan fingerprint density at radius 1 is 1.00 bits per heavy atom. The molecule has 3 aromatic rings. The first-order chi connectivity index (χ1) is 9.78. The van der Waals surface area contributed by atoms with E-state index in [-0.39, 0.29) is 5.75 Å². The Kier molecular flexibility index (Phi) is 3.24. The largest absolute Gasteiger partial charge is 0.508 e. The number of aromatic hydroxyl groups is 1. The SMILES string of the molecule is O=Cc1sc2ccccc2c1C#Cc1ccc(O)cc1. The molecule has 1 heterocycles. The molecule has 1 aromatic heterocycles. The lowest BCUT2D eigenvalue weighted by Gasteiger charge is -1.92. The molecule has 3 rings (SSSR count). The van der Waals surface area contributed by atoms with Crippen LogP contribution in [0.2, 0.25) is 0 Å². The van der Waals surface area contributed by atoms with E-state index in [4.69, 9.17) is 0 Å². The summed E-state index contributed by atoms with van der Waals surface area (Å²) in [6.45, 7) is 0. The van der Waals surface area contributed by atoms with E-state index in [9.17, 15) is 9.90 Å². The van der Waals surface area contributed by atoms with Gasteiger partial charge in [0.05, 0.1) is 10.4 Å². The van der Waals surface area contributed by atoms with E-state index in [0.717, 1.165) is 27.5 Å². The third-order valence-corrected chi connectivity index (χ3v) is 4.03. The number of fused-ring (bicyclic) bond motifs is 1. The van der Waals surface area contributed by atoms with E-state index in [1.54, 1.807) is 24.3 Å². The molecule has 2 aromatic carbocycles. The molecule has 0 bridgehead atoms. The number of carbonyl (C=O) groups is 1. The molecule has 2 nitrogen and oxygen atoms in total. The molecule has 0 saturated carbocycles. The Hall–Kier alpha value is -2.57. The van der Waals surface area contributed by atoms with E-state index in [2.05, 4.69) is 11.8 Å². The summed E-state index contributed by atoms with van der Waals surface area (Å²) in [6.07, 6.45) is 0.853. The topological polar surface area (TPSA) is 37.3 Å². The Bertz CT molecular complexity index is 833. The third kappa shape index (κ3) is 2.29. The molecular weight excluding hydrogens is 268 g/mol. The molecule has 0 aliphatic heterocycles. The van der Waals surface area contributed by atoms with Crippen LogP contribution in [0.25, 0.3) is 10.1 Å². The number of phenols is 1. The number of rotatable bonds is 1. The van der Waals surface area contributed by atoms with Crippen LogP contribution in [0.4, 0.5) is 0 Å². The van der Waals surface area contributed by atoms with Gasteiger partial charge in [-0.3, -0.25) is 4.79 Å². The maximum Gasteiger partial charge on any atom is 0.161 e. The van der Waals surface area contributed by atoms with Crippen molar-refractivity contribution in [1.82, 2.24) is 0 Å². The number of aldehydes is 1. The Morgan fingerprint density at radius 2 is 1.75 bits per heavy atom. The summed E-state index contributed by atoms with van der Waals surface area (Å²) in [7, 11) is 0. The molecule has 0 aliphatic carbocycles. The van der Waals surface area contributed by atoms with Crippen LogP contribution >= 0.6 is 11.3 Å². The molecule has 0 radical (unpaired) electrons. The Labute approximate surface area is 120 Å². The summed E-state index contributed by atoms with van der Waals surface area (Å²) < 4.78 is 1.06. The molecular formula is C17H10O2S. The zero-order valence-corrected chi connectivity index (χ0v) is 11.3. The summed E-state index contributed by atoms with van der Waals surface area (Å²) in [5, 5.41) is 10.2. The molecule has 0 aliphatic rings. The summed E-state index contributed by atoms with van der Waals surface area (Å²) in [6, 6.07) is 14.5. The monoisotopic (exact) mass is 278 g/mol. The van der Waals surface area contributed by atoms with Crippen molar-refractivity contribution in [2.24, 2.45) is 0 Å². The predicted molar refractivity (Wildman–Crippen MR) is 81.3 cm³/mol. The van der Waals surface area contributed by atoms with E-state index in [0.29, 0.717) is 4.88 Å². The minimum atomic E-state index is 0.213. The highest BCUT2D eigenvalue weighted by atomic mass is 32.1. The molecule has 0 fully saturated rings. The molecule has 0 amide bonds. The fraction of sp³-hybridized carbons (Fsp3) is 0. The van der Waals surface area contributed by atoms with Gasteiger partial charge >= 0.3 is 0 Å². The van der Waals surface area contributed by atoms with E-state index >= 15 is 0 Å². The lowest BCUT2D eigenvalue weighted by atomic mass is 10.1. The molecule has 3 heteroatoms.